The van der Waals surface area contributed by atoms with Crippen molar-refractivity contribution in [2.45, 2.75) is 38.1 Å². The number of hydrogen-bond acceptors (Lipinski definition) is 3. The Morgan fingerprint density at radius 2 is 1.79 bits per heavy atom. The van der Waals surface area contributed by atoms with E-state index in [1.54, 1.807) is 6.20 Å². The molecular weight excluding hydrogens is 360 g/mol. The molecule has 29 heavy (non-hydrogen) atoms. The van der Waals surface area contributed by atoms with Gasteiger partial charge in [-0.05, 0) is 61.1 Å². The summed E-state index contributed by atoms with van der Waals surface area (Å²) in [6, 6.07) is 16.6. The van der Waals surface area contributed by atoms with Crippen molar-refractivity contribution in [3.63, 3.8) is 0 Å². The normalized spacial score (nSPS) is 17.2. The van der Waals surface area contributed by atoms with E-state index in [1.807, 2.05) is 36.4 Å². The SMILES string of the molecule is O=C(Nc1ccc2c(c1)CCN(C1CCC1)CC2)Nc1cccc2cccnc12. The van der Waals surface area contributed by atoms with Crippen molar-refractivity contribution in [1.82, 2.24) is 9.88 Å². The van der Waals surface area contributed by atoms with Gasteiger partial charge >= 0.3 is 6.03 Å². The van der Waals surface area contributed by atoms with Crippen LogP contribution in [0.3, 0.4) is 0 Å². The Hall–Kier alpha value is -2.92. The maximum Gasteiger partial charge on any atom is 0.323 e. The van der Waals surface area contributed by atoms with Gasteiger partial charge in [0.15, 0.2) is 0 Å². The van der Waals surface area contributed by atoms with E-state index in [9.17, 15) is 4.79 Å². The van der Waals surface area contributed by atoms with Crippen molar-refractivity contribution in [3.8, 4) is 0 Å². The molecule has 0 spiro atoms. The molecule has 0 saturated heterocycles. The number of benzene rings is 2. The molecule has 2 amide bonds. The Balaban J connectivity index is 1.27. The summed E-state index contributed by atoms with van der Waals surface area (Å²) < 4.78 is 0. The molecule has 1 aromatic heterocycles. The standard InChI is InChI=1S/C24H26N4O/c29-24(27-22-8-1-4-18-5-3-13-25-23(18)22)26-20-10-9-17-11-14-28(21-6-2-7-21)15-12-19(17)16-20/h1,3-5,8-10,13,16,21H,2,6-7,11-12,14-15H2,(H2,26,27,29). The zero-order valence-corrected chi connectivity index (χ0v) is 16.5. The van der Waals surface area contributed by atoms with E-state index >= 15 is 0 Å². The molecule has 2 aromatic carbocycles. The Morgan fingerprint density at radius 3 is 2.62 bits per heavy atom. The van der Waals surface area contributed by atoms with E-state index in [2.05, 4.69) is 32.7 Å². The minimum absolute atomic E-state index is 0.243. The molecule has 148 valence electrons. The molecule has 0 bridgehead atoms. The first-order valence-electron chi connectivity index (χ1n) is 10.5. The van der Waals surface area contributed by atoms with Crippen LogP contribution in [-0.4, -0.2) is 35.0 Å². The zero-order valence-electron chi connectivity index (χ0n) is 16.5. The fraction of sp³-hybridized carbons (Fsp3) is 0.333. The Morgan fingerprint density at radius 1 is 0.966 bits per heavy atom. The molecule has 2 heterocycles. The Kier molecular flexibility index (Phi) is 4.90. The number of rotatable bonds is 3. The maximum absolute atomic E-state index is 12.6. The first kappa shape index (κ1) is 18.1. The van der Waals surface area contributed by atoms with Crippen LogP contribution >= 0.6 is 0 Å². The fourth-order valence-electron chi connectivity index (χ4n) is 4.43. The molecular formula is C24H26N4O. The van der Waals surface area contributed by atoms with Crippen LogP contribution in [0.25, 0.3) is 10.9 Å². The molecule has 5 heteroatoms. The van der Waals surface area contributed by atoms with Crippen molar-refractivity contribution in [2.24, 2.45) is 0 Å². The summed E-state index contributed by atoms with van der Waals surface area (Å²) in [7, 11) is 0. The number of nitrogens with zero attached hydrogens (tertiary/aromatic N) is 2. The predicted octanol–water partition coefficient (Wildman–Crippen LogP) is 4.83. The van der Waals surface area contributed by atoms with E-state index in [0.717, 1.165) is 48.6 Å². The van der Waals surface area contributed by atoms with Crippen LogP contribution in [0, 0.1) is 0 Å². The highest BCUT2D eigenvalue weighted by Crippen LogP contribution is 2.28. The lowest BCUT2D eigenvalue weighted by molar-refractivity contribution is 0.133. The fourth-order valence-corrected chi connectivity index (χ4v) is 4.43. The van der Waals surface area contributed by atoms with E-state index in [-0.39, 0.29) is 6.03 Å². The van der Waals surface area contributed by atoms with Crippen molar-refractivity contribution in [3.05, 3.63) is 65.9 Å². The van der Waals surface area contributed by atoms with Crippen molar-refractivity contribution >= 4 is 28.3 Å². The summed E-state index contributed by atoms with van der Waals surface area (Å²) in [5, 5.41) is 6.94. The van der Waals surface area contributed by atoms with Gasteiger partial charge in [-0.3, -0.25) is 9.88 Å². The van der Waals surface area contributed by atoms with E-state index in [0.29, 0.717) is 5.69 Å². The molecule has 5 rings (SSSR count). The molecule has 2 aliphatic rings. The Labute approximate surface area is 171 Å². The number of fused-ring (bicyclic) bond motifs is 2. The minimum Gasteiger partial charge on any atom is -0.308 e. The smallest absolute Gasteiger partial charge is 0.308 e. The lowest BCUT2D eigenvalue weighted by atomic mass is 9.91. The molecule has 1 aliphatic heterocycles. The van der Waals surface area contributed by atoms with Crippen LogP contribution in [0.4, 0.5) is 16.2 Å². The van der Waals surface area contributed by atoms with Gasteiger partial charge in [0.2, 0.25) is 0 Å². The van der Waals surface area contributed by atoms with Crippen LogP contribution < -0.4 is 10.6 Å². The summed E-state index contributed by atoms with van der Waals surface area (Å²) in [6.07, 6.45) is 7.98. The number of carbonyl (C=O) groups excluding carboxylic acids is 1. The monoisotopic (exact) mass is 386 g/mol. The summed E-state index contributed by atoms with van der Waals surface area (Å²) >= 11 is 0. The summed E-state index contributed by atoms with van der Waals surface area (Å²) in [5.74, 6) is 0. The summed E-state index contributed by atoms with van der Waals surface area (Å²) in [6.45, 7) is 2.27. The molecule has 1 fully saturated rings. The molecule has 0 unspecified atom stereocenters. The maximum atomic E-state index is 12.6. The van der Waals surface area contributed by atoms with Gasteiger partial charge in [-0.15, -0.1) is 0 Å². The average Bonchev–Trinajstić information content (AvgIpc) is 2.89. The molecule has 5 nitrogen and oxygen atoms in total. The molecule has 0 radical (unpaired) electrons. The molecule has 1 aliphatic carbocycles. The van der Waals surface area contributed by atoms with Crippen LogP contribution in [0.15, 0.2) is 54.7 Å². The van der Waals surface area contributed by atoms with Crippen molar-refractivity contribution in [2.75, 3.05) is 23.7 Å². The highest BCUT2D eigenvalue weighted by molar-refractivity contribution is 6.05. The van der Waals surface area contributed by atoms with Gasteiger partial charge in [-0.25, -0.2) is 4.79 Å². The number of para-hydroxylation sites is 1. The number of aromatic nitrogens is 1. The van der Waals surface area contributed by atoms with Gasteiger partial charge in [-0.2, -0.15) is 0 Å². The zero-order chi connectivity index (χ0) is 19.6. The Bertz CT molecular complexity index is 1040. The third-order valence-corrected chi connectivity index (χ3v) is 6.27. The third-order valence-electron chi connectivity index (χ3n) is 6.27. The molecule has 0 atom stereocenters. The van der Waals surface area contributed by atoms with Crippen molar-refractivity contribution in [1.29, 1.82) is 0 Å². The largest absolute Gasteiger partial charge is 0.323 e. The van der Waals surface area contributed by atoms with Gasteiger partial charge in [0.25, 0.3) is 0 Å². The average molecular weight is 386 g/mol. The van der Waals surface area contributed by atoms with Crippen LogP contribution in [0.5, 0.6) is 0 Å². The van der Waals surface area contributed by atoms with E-state index < -0.39 is 0 Å². The second kappa shape index (κ2) is 7.84. The number of pyridine rings is 1. The lowest BCUT2D eigenvalue weighted by Gasteiger charge is -2.36. The molecule has 1 saturated carbocycles. The van der Waals surface area contributed by atoms with Crippen LogP contribution in [0.1, 0.15) is 30.4 Å². The van der Waals surface area contributed by atoms with Gasteiger partial charge in [0, 0.05) is 36.4 Å². The number of carbonyl (C=O) groups is 1. The number of amides is 2. The second-order valence-electron chi connectivity index (χ2n) is 8.06. The topological polar surface area (TPSA) is 57.3 Å². The number of hydrogen-bond donors (Lipinski definition) is 2. The molecule has 3 aromatic rings. The molecule has 2 N–H and O–H groups in total. The van der Waals surface area contributed by atoms with Gasteiger partial charge < -0.3 is 10.6 Å². The third kappa shape index (κ3) is 3.83. The van der Waals surface area contributed by atoms with Gasteiger partial charge in [0.05, 0.1) is 11.2 Å². The number of urea groups is 1. The quantitative estimate of drug-likeness (QED) is 0.678. The first-order valence-corrected chi connectivity index (χ1v) is 10.5. The van der Waals surface area contributed by atoms with Gasteiger partial charge in [-0.1, -0.05) is 30.7 Å². The van der Waals surface area contributed by atoms with E-state index in [4.69, 9.17) is 0 Å². The minimum atomic E-state index is -0.243. The first-order chi connectivity index (χ1) is 14.3. The van der Waals surface area contributed by atoms with Crippen molar-refractivity contribution < 1.29 is 4.79 Å². The van der Waals surface area contributed by atoms with Crippen LogP contribution in [0.2, 0.25) is 0 Å². The second-order valence-corrected chi connectivity index (χ2v) is 8.06. The predicted molar refractivity (Wildman–Crippen MR) is 117 cm³/mol. The van der Waals surface area contributed by atoms with E-state index in [1.165, 1.54) is 30.4 Å². The van der Waals surface area contributed by atoms with Crippen LogP contribution in [-0.2, 0) is 12.8 Å². The van der Waals surface area contributed by atoms with Gasteiger partial charge in [0.1, 0.15) is 0 Å². The number of nitrogens with one attached hydrogen (secondary N) is 2. The highest BCUT2D eigenvalue weighted by atomic mass is 16.2. The lowest BCUT2D eigenvalue weighted by Crippen LogP contribution is -2.41. The number of anilines is 2. The highest BCUT2D eigenvalue weighted by Gasteiger charge is 2.26. The summed E-state index contributed by atoms with van der Waals surface area (Å²) in [5.41, 5.74) is 5.12. The summed E-state index contributed by atoms with van der Waals surface area (Å²) in [4.78, 5) is 19.6.